The van der Waals surface area contributed by atoms with E-state index in [-0.39, 0.29) is 24.8 Å². The van der Waals surface area contributed by atoms with E-state index < -0.39 is 0 Å². The van der Waals surface area contributed by atoms with Crippen molar-refractivity contribution in [2.24, 2.45) is 0 Å². The lowest BCUT2D eigenvalue weighted by Crippen LogP contribution is -2.31. The predicted molar refractivity (Wildman–Crippen MR) is 78.2 cm³/mol. The van der Waals surface area contributed by atoms with E-state index in [1.807, 2.05) is 24.5 Å². The average molecular weight is 280 g/mol. The largest absolute Gasteiger partial charge is 0.311 e. The molecule has 0 radical (unpaired) electrons. The number of halogens is 2. The lowest BCUT2D eigenvalue weighted by atomic mass is 10.3. The molecule has 0 atom stereocenters. The van der Waals surface area contributed by atoms with Crippen molar-refractivity contribution in [3.63, 3.8) is 0 Å². The first-order valence-corrected chi connectivity index (χ1v) is 5.68. The molecule has 1 N–H and O–H groups in total. The molecule has 3 nitrogen and oxygen atoms in total. The van der Waals surface area contributed by atoms with Crippen LogP contribution in [0.25, 0.3) is 0 Å². The van der Waals surface area contributed by atoms with Crippen molar-refractivity contribution in [2.75, 3.05) is 26.2 Å². The van der Waals surface area contributed by atoms with Crippen LogP contribution in [0.2, 0.25) is 0 Å². The summed E-state index contributed by atoms with van der Waals surface area (Å²) < 4.78 is 0. The van der Waals surface area contributed by atoms with E-state index in [9.17, 15) is 0 Å². The van der Waals surface area contributed by atoms with Gasteiger partial charge in [-0.1, -0.05) is 13.8 Å². The summed E-state index contributed by atoms with van der Waals surface area (Å²) in [4.78, 5) is 6.41. The van der Waals surface area contributed by atoms with Crippen LogP contribution in [0, 0.1) is 0 Å². The van der Waals surface area contributed by atoms with E-state index >= 15 is 0 Å². The van der Waals surface area contributed by atoms with E-state index in [1.54, 1.807) is 0 Å². The number of pyridine rings is 1. The van der Waals surface area contributed by atoms with Gasteiger partial charge in [0, 0.05) is 32.0 Å². The number of nitrogens with one attached hydrogen (secondary N) is 1. The summed E-state index contributed by atoms with van der Waals surface area (Å²) in [6, 6.07) is 4.09. The maximum Gasteiger partial charge on any atom is 0.0271 e. The zero-order valence-corrected chi connectivity index (χ0v) is 12.2. The molecule has 1 heterocycles. The zero-order valence-electron chi connectivity index (χ0n) is 10.6. The zero-order chi connectivity index (χ0) is 10.9. The van der Waals surface area contributed by atoms with Crippen molar-refractivity contribution in [1.82, 2.24) is 15.2 Å². The molecule has 0 bridgehead atoms. The van der Waals surface area contributed by atoms with Gasteiger partial charge in [0.25, 0.3) is 0 Å². The number of likely N-dealkylation sites (N-methyl/N-ethyl adjacent to an activating group) is 1. The third kappa shape index (κ3) is 8.38. The quantitative estimate of drug-likeness (QED) is 0.777. The molecule has 0 fully saturated rings. The molecule has 0 aliphatic rings. The van der Waals surface area contributed by atoms with Crippen LogP contribution in [0.15, 0.2) is 24.5 Å². The molecule has 1 aromatic rings. The monoisotopic (exact) mass is 279 g/mol. The Kier molecular flexibility index (Phi) is 13.5. The third-order valence-corrected chi connectivity index (χ3v) is 2.58. The SMILES string of the molecule is CCN(CC)CCNCc1ccncc1.Cl.Cl. The Labute approximate surface area is 117 Å². The molecule has 0 aromatic carbocycles. The van der Waals surface area contributed by atoms with Crippen molar-refractivity contribution in [3.8, 4) is 0 Å². The molecule has 17 heavy (non-hydrogen) atoms. The van der Waals surface area contributed by atoms with Crippen molar-refractivity contribution in [2.45, 2.75) is 20.4 Å². The number of hydrogen-bond acceptors (Lipinski definition) is 3. The summed E-state index contributed by atoms with van der Waals surface area (Å²) in [5.74, 6) is 0. The molecule has 0 spiro atoms. The van der Waals surface area contributed by atoms with Crippen molar-refractivity contribution in [3.05, 3.63) is 30.1 Å². The van der Waals surface area contributed by atoms with E-state index in [2.05, 4.69) is 29.0 Å². The molecule has 0 amide bonds. The van der Waals surface area contributed by atoms with E-state index in [0.717, 1.165) is 32.7 Å². The van der Waals surface area contributed by atoms with Crippen LogP contribution < -0.4 is 5.32 Å². The van der Waals surface area contributed by atoms with Gasteiger partial charge in [-0.2, -0.15) is 0 Å². The van der Waals surface area contributed by atoms with E-state index in [1.165, 1.54) is 5.56 Å². The minimum atomic E-state index is 0. The minimum absolute atomic E-state index is 0. The normalized spacial score (nSPS) is 9.59. The first-order chi connectivity index (χ1) is 7.36. The summed E-state index contributed by atoms with van der Waals surface area (Å²) in [5.41, 5.74) is 1.30. The van der Waals surface area contributed by atoms with Gasteiger partial charge in [0.05, 0.1) is 0 Å². The Bertz CT molecular complexity index is 253. The third-order valence-electron chi connectivity index (χ3n) is 2.58. The Morgan fingerprint density at radius 1 is 1.12 bits per heavy atom. The second-order valence-corrected chi connectivity index (χ2v) is 3.56. The van der Waals surface area contributed by atoms with Gasteiger partial charge in [-0.05, 0) is 30.8 Å². The molecule has 0 unspecified atom stereocenters. The molecule has 5 heteroatoms. The van der Waals surface area contributed by atoms with Gasteiger partial charge in [-0.25, -0.2) is 0 Å². The molecular weight excluding hydrogens is 257 g/mol. The number of nitrogens with zero attached hydrogens (tertiary/aromatic N) is 2. The number of rotatable bonds is 7. The Hall–Kier alpha value is -0.350. The summed E-state index contributed by atoms with van der Waals surface area (Å²) in [7, 11) is 0. The van der Waals surface area contributed by atoms with Crippen LogP contribution in [0.5, 0.6) is 0 Å². The molecule has 1 rings (SSSR count). The van der Waals surface area contributed by atoms with Crippen LogP contribution in [0.3, 0.4) is 0 Å². The van der Waals surface area contributed by atoms with Crippen molar-refractivity contribution >= 4 is 24.8 Å². The Morgan fingerprint density at radius 2 is 1.71 bits per heavy atom. The molecular formula is C12H23Cl2N3. The average Bonchev–Trinajstić information content (AvgIpc) is 2.31. The second-order valence-electron chi connectivity index (χ2n) is 3.56. The van der Waals surface area contributed by atoms with Gasteiger partial charge in [-0.15, -0.1) is 24.8 Å². The maximum absolute atomic E-state index is 3.99. The van der Waals surface area contributed by atoms with Crippen LogP contribution in [-0.2, 0) is 6.54 Å². The summed E-state index contributed by atoms with van der Waals surface area (Å²) >= 11 is 0. The Balaban J connectivity index is 0. The Morgan fingerprint density at radius 3 is 2.24 bits per heavy atom. The second kappa shape index (κ2) is 12.1. The summed E-state index contributed by atoms with van der Waals surface area (Å²) in [6.45, 7) is 9.77. The number of hydrogen-bond donors (Lipinski definition) is 1. The van der Waals surface area contributed by atoms with Crippen LogP contribution in [-0.4, -0.2) is 36.1 Å². The summed E-state index contributed by atoms with van der Waals surface area (Å²) in [5, 5.41) is 3.43. The van der Waals surface area contributed by atoms with Gasteiger partial charge in [-0.3, -0.25) is 4.98 Å². The van der Waals surface area contributed by atoms with Gasteiger partial charge in [0.15, 0.2) is 0 Å². The fourth-order valence-corrected chi connectivity index (χ4v) is 1.51. The highest BCUT2D eigenvalue weighted by molar-refractivity contribution is 5.85. The maximum atomic E-state index is 3.99. The fraction of sp³-hybridized carbons (Fsp3) is 0.583. The number of aromatic nitrogens is 1. The van der Waals surface area contributed by atoms with Gasteiger partial charge in [0.2, 0.25) is 0 Å². The lowest BCUT2D eigenvalue weighted by Gasteiger charge is -2.17. The highest BCUT2D eigenvalue weighted by Crippen LogP contribution is 1.94. The molecule has 100 valence electrons. The highest BCUT2D eigenvalue weighted by atomic mass is 35.5. The fourth-order valence-electron chi connectivity index (χ4n) is 1.51. The van der Waals surface area contributed by atoms with Gasteiger partial charge in [0.1, 0.15) is 0 Å². The van der Waals surface area contributed by atoms with Gasteiger partial charge >= 0.3 is 0 Å². The first-order valence-electron chi connectivity index (χ1n) is 5.68. The standard InChI is InChI=1S/C12H21N3.2ClH/c1-3-15(4-2)10-9-14-11-12-5-7-13-8-6-12;;/h5-8,14H,3-4,9-11H2,1-2H3;2*1H. The smallest absolute Gasteiger partial charge is 0.0271 e. The van der Waals surface area contributed by atoms with E-state index in [0.29, 0.717) is 0 Å². The highest BCUT2D eigenvalue weighted by Gasteiger charge is 1.97. The summed E-state index contributed by atoms with van der Waals surface area (Å²) in [6.07, 6.45) is 3.67. The molecule has 0 saturated carbocycles. The first kappa shape index (κ1) is 19.0. The van der Waals surface area contributed by atoms with Gasteiger partial charge < -0.3 is 10.2 Å². The molecule has 0 saturated heterocycles. The topological polar surface area (TPSA) is 28.2 Å². The molecule has 0 aliphatic heterocycles. The van der Waals surface area contributed by atoms with Crippen LogP contribution >= 0.6 is 24.8 Å². The van der Waals surface area contributed by atoms with E-state index in [4.69, 9.17) is 0 Å². The molecule has 1 aromatic heterocycles. The van der Waals surface area contributed by atoms with Crippen LogP contribution in [0.1, 0.15) is 19.4 Å². The van der Waals surface area contributed by atoms with Crippen molar-refractivity contribution in [1.29, 1.82) is 0 Å². The predicted octanol–water partition coefficient (Wildman–Crippen LogP) is 2.36. The lowest BCUT2D eigenvalue weighted by molar-refractivity contribution is 0.302. The molecule has 0 aliphatic carbocycles. The minimum Gasteiger partial charge on any atom is -0.311 e. The van der Waals surface area contributed by atoms with Crippen molar-refractivity contribution < 1.29 is 0 Å². The van der Waals surface area contributed by atoms with Crippen LogP contribution in [0.4, 0.5) is 0 Å².